The van der Waals surface area contributed by atoms with Gasteiger partial charge in [0, 0.05) is 16.6 Å². The van der Waals surface area contributed by atoms with Crippen molar-refractivity contribution in [3.8, 4) is 0 Å². The van der Waals surface area contributed by atoms with E-state index in [0.717, 1.165) is 0 Å². The van der Waals surface area contributed by atoms with Crippen LogP contribution in [0.1, 0.15) is 29.7 Å². The highest BCUT2D eigenvalue weighted by atomic mass is 32.2. The minimum Gasteiger partial charge on any atom is -0.379 e. The van der Waals surface area contributed by atoms with Gasteiger partial charge in [0.05, 0.1) is 0 Å². The summed E-state index contributed by atoms with van der Waals surface area (Å²) in [4.78, 5) is 1.30. The van der Waals surface area contributed by atoms with Crippen LogP contribution in [0.4, 0.5) is 5.69 Å². The lowest BCUT2D eigenvalue weighted by Crippen LogP contribution is -2.07. The van der Waals surface area contributed by atoms with E-state index in [4.69, 9.17) is 0 Å². The van der Waals surface area contributed by atoms with Gasteiger partial charge in [-0.3, -0.25) is 0 Å². The molecule has 0 bridgehead atoms. The van der Waals surface area contributed by atoms with Gasteiger partial charge in [-0.1, -0.05) is 29.3 Å². The van der Waals surface area contributed by atoms with Gasteiger partial charge in [-0.05, 0) is 56.9 Å². The second-order valence-corrected chi connectivity index (χ2v) is 5.90. The molecule has 0 amide bonds. The maximum atomic E-state index is 3.55. The van der Waals surface area contributed by atoms with Gasteiger partial charge >= 0.3 is 0 Å². The quantitative estimate of drug-likeness (QED) is 0.767. The molecule has 1 unspecified atom stereocenters. The maximum Gasteiger partial charge on any atom is 0.0485 e. The zero-order valence-corrected chi connectivity index (χ0v) is 12.8. The Morgan fingerprint density at radius 3 is 2.05 bits per heavy atom. The molecule has 2 aromatic carbocycles. The monoisotopic (exact) mass is 271 g/mol. The number of rotatable bonds is 4. The SMILES string of the molecule is CSc1ccc(NC(C)c2cc(C)cc(C)c2)cc1. The Balaban J connectivity index is 2.13. The Morgan fingerprint density at radius 1 is 0.947 bits per heavy atom. The van der Waals surface area contributed by atoms with Crippen molar-refractivity contribution in [3.63, 3.8) is 0 Å². The number of anilines is 1. The Labute approximate surface area is 120 Å². The first kappa shape index (κ1) is 14.0. The number of hydrogen-bond acceptors (Lipinski definition) is 2. The summed E-state index contributed by atoms with van der Waals surface area (Å²) in [6, 6.07) is 15.6. The maximum absolute atomic E-state index is 3.55. The summed E-state index contributed by atoms with van der Waals surface area (Å²) in [5, 5.41) is 3.55. The number of aryl methyl sites for hydroxylation is 2. The van der Waals surface area contributed by atoms with E-state index in [1.165, 1.54) is 27.3 Å². The summed E-state index contributed by atoms with van der Waals surface area (Å²) >= 11 is 1.77. The fraction of sp³-hybridized carbons (Fsp3) is 0.294. The summed E-state index contributed by atoms with van der Waals surface area (Å²) in [7, 11) is 0. The molecule has 2 aromatic rings. The molecule has 0 aliphatic carbocycles. The first-order valence-electron chi connectivity index (χ1n) is 6.57. The number of thioether (sulfide) groups is 1. The lowest BCUT2D eigenvalue weighted by Gasteiger charge is -2.17. The second kappa shape index (κ2) is 6.16. The third-order valence-electron chi connectivity index (χ3n) is 3.22. The van der Waals surface area contributed by atoms with E-state index in [1.54, 1.807) is 11.8 Å². The molecular formula is C17H21NS. The van der Waals surface area contributed by atoms with Crippen LogP contribution in [0.5, 0.6) is 0 Å². The van der Waals surface area contributed by atoms with Crippen LogP contribution in [-0.2, 0) is 0 Å². The Hall–Kier alpha value is -1.41. The van der Waals surface area contributed by atoms with Crippen molar-refractivity contribution in [2.75, 3.05) is 11.6 Å². The first-order valence-corrected chi connectivity index (χ1v) is 7.80. The van der Waals surface area contributed by atoms with Crippen molar-refractivity contribution in [1.82, 2.24) is 0 Å². The molecule has 0 radical (unpaired) electrons. The molecule has 19 heavy (non-hydrogen) atoms. The van der Waals surface area contributed by atoms with E-state index < -0.39 is 0 Å². The lowest BCUT2D eigenvalue weighted by molar-refractivity contribution is 0.880. The van der Waals surface area contributed by atoms with Crippen LogP contribution in [0.3, 0.4) is 0 Å². The van der Waals surface area contributed by atoms with Crippen molar-refractivity contribution in [3.05, 3.63) is 59.2 Å². The Bertz CT molecular complexity index is 525. The van der Waals surface area contributed by atoms with Crippen molar-refractivity contribution >= 4 is 17.4 Å². The van der Waals surface area contributed by atoms with E-state index in [-0.39, 0.29) is 0 Å². The third-order valence-corrected chi connectivity index (χ3v) is 3.96. The summed E-state index contributed by atoms with van der Waals surface area (Å²) in [5.41, 5.74) is 5.15. The zero-order valence-electron chi connectivity index (χ0n) is 12.0. The summed E-state index contributed by atoms with van der Waals surface area (Å²) in [6.07, 6.45) is 2.10. The minimum atomic E-state index is 0.318. The van der Waals surface area contributed by atoms with E-state index >= 15 is 0 Å². The molecule has 1 atom stereocenters. The standard InChI is InChI=1S/C17H21NS/c1-12-9-13(2)11-15(10-12)14(3)18-16-5-7-17(19-4)8-6-16/h5-11,14,18H,1-4H3. The molecule has 0 saturated heterocycles. The molecular weight excluding hydrogens is 250 g/mol. The smallest absolute Gasteiger partial charge is 0.0485 e. The van der Waals surface area contributed by atoms with E-state index in [0.29, 0.717) is 6.04 Å². The molecule has 0 saturated carbocycles. The van der Waals surface area contributed by atoms with Gasteiger partial charge in [0.2, 0.25) is 0 Å². The zero-order chi connectivity index (χ0) is 13.8. The van der Waals surface area contributed by atoms with Crippen LogP contribution >= 0.6 is 11.8 Å². The predicted molar refractivity (Wildman–Crippen MR) is 86.2 cm³/mol. The molecule has 100 valence electrons. The normalized spacial score (nSPS) is 12.2. The molecule has 1 nitrogen and oxygen atoms in total. The molecule has 2 rings (SSSR count). The van der Waals surface area contributed by atoms with Gasteiger partial charge in [-0.2, -0.15) is 0 Å². The van der Waals surface area contributed by atoms with Crippen molar-refractivity contribution < 1.29 is 0 Å². The first-order chi connectivity index (χ1) is 9.08. The fourth-order valence-corrected chi connectivity index (χ4v) is 2.69. The second-order valence-electron chi connectivity index (χ2n) is 5.02. The van der Waals surface area contributed by atoms with Gasteiger partial charge in [0.25, 0.3) is 0 Å². The summed E-state index contributed by atoms with van der Waals surface area (Å²) in [5.74, 6) is 0. The van der Waals surface area contributed by atoms with Gasteiger partial charge in [-0.15, -0.1) is 11.8 Å². The van der Waals surface area contributed by atoms with Gasteiger partial charge in [0.1, 0.15) is 0 Å². The third kappa shape index (κ3) is 3.77. The van der Waals surface area contributed by atoms with Gasteiger partial charge in [-0.25, -0.2) is 0 Å². The van der Waals surface area contributed by atoms with Crippen LogP contribution in [0.15, 0.2) is 47.4 Å². The molecule has 0 aliphatic rings. The molecule has 2 heteroatoms. The lowest BCUT2D eigenvalue weighted by atomic mass is 10.0. The minimum absolute atomic E-state index is 0.318. The van der Waals surface area contributed by atoms with Crippen LogP contribution < -0.4 is 5.32 Å². The van der Waals surface area contributed by atoms with Gasteiger partial charge in [0.15, 0.2) is 0 Å². The van der Waals surface area contributed by atoms with E-state index in [2.05, 4.69) is 74.8 Å². The van der Waals surface area contributed by atoms with Crippen molar-refractivity contribution in [2.24, 2.45) is 0 Å². The molecule has 0 spiro atoms. The van der Waals surface area contributed by atoms with Crippen LogP contribution in [-0.4, -0.2) is 6.26 Å². The van der Waals surface area contributed by atoms with Crippen LogP contribution in [0.2, 0.25) is 0 Å². The number of nitrogens with one attached hydrogen (secondary N) is 1. The van der Waals surface area contributed by atoms with E-state index in [1.807, 2.05) is 0 Å². The summed E-state index contributed by atoms with van der Waals surface area (Å²) in [6.45, 7) is 6.50. The fourth-order valence-electron chi connectivity index (χ4n) is 2.28. The Kier molecular flexibility index (Phi) is 4.54. The van der Waals surface area contributed by atoms with Crippen molar-refractivity contribution in [1.29, 1.82) is 0 Å². The largest absolute Gasteiger partial charge is 0.379 e. The molecule has 0 aromatic heterocycles. The number of hydrogen-bond donors (Lipinski definition) is 1. The topological polar surface area (TPSA) is 12.0 Å². The molecule has 0 aliphatic heterocycles. The summed E-state index contributed by atoms with van der Waals surface area (Å²) < 4.78 is 0. The molecule has 1 N–H and O–H groups in total. The number of benzene rings is 2. The average molecular weight is 271 g/mol. The van der Waals surface area contributed by atoms with Crippen LogP contribution in [0, 0.1) is 13.8 Å². The van der Waals surface area contributed by atoms with Crippen LogP contribution in [0.25, 0.3) is 0 Å². The average Bonchev–Trinajstić information content (AvgIpc) is 2.38. The molecule has 0 fully saturated rings. The highest BCUT2D eigenvalue weighted by Crippen LogP contribution is 2.23. The molecule has 0 heterocycles. The highest BCUT2D eigenvalue weighted by molar-refractivity contribution is 7.98. The Morgan fingerprint density at radius 2 is 1.53 bits per heavy atom. The van der Waals surface area contributed by atoms with E-state index in [9.17, 15) is 0 Å². The predicted octanol–water partition coefficient (Wildman–Crippen LogP) is 5.20. The van der Waals surface area contributed by atoms with Gasteiger partial charge < -0.3 is 5.32 Å². The van der Waals surface area contributed by atoms with Crippen molar-refractivity contribution in [2.45, 2.75) is 31.7 Å². The highest BCUT2D eigenvalue weighted by Gasteiger charge is 2.06.